The van der Waals surface area contributed by atoms with E-state index in [-0.39, 0.29) is 5.56 Å². The molecule has 0 bridgehead atoms. The molecule has 10 heteroatoms. The van der Waals surface area contributed by atoms with Crippen LogP contribution >= 0.6 is 0 Å². The number of hydroxylamine groups is 1. The molecule has 6 N–H and O–H groups in total. The number of nitrogens with two attached hydrogens (primary N) is 1. The molecule has 2 amide bonds. The second kappa shape index (κ2) is 11.0. The summed E-state index contributed by atoms with van der Waals surface area (Å²) in [5, 5.41) is 11.3. The van der Waals surface area contributed by atoms with Crippen LogP contribution in [0.15, 0.2) is 48.5 Å². The van der Waals surface area contributed by atoms with E-state index < -0.39 is 33.9 Å². The number of amides is 2. The molecule has 32 heavy (non-hydrogen) atoms. The van der Waals surface area contributed by atoms with Crippen molar-refractivity contribution in [2.45, 2.75) is 19.0 Å². The molecule has 0 saturated heterocycles. The molecule has 0 unspecified atom stereocenters. The lowest BCUT2D eigenvalue weighted by molar-refractivity contribution is -0.131. The fraction of sp³-hybridized carbons (Fsp3) is 0.182. The van der Waals surface area contributed by atoms with E-state index in [9.17, 15) is 18.0 Å². The number of anilines is 1. The summed E-state index contributed by atoms with van der Waals surface area (Å²) in [6.45, 7) is 1.52. The fourth-order valence-corrected chi connectivity index (χ4v) is 3.12. The van der Waals surface area contributed by atoms with Crippen molar-refractivity contribution < 1.29 is 23.2 Å². The molecule has 0 spiro atoms. The first kappa shape index (κ1) is 24.4. The van der Waals surface area contributed by atoms with E-state index in [1.54, 1.807) is 42.5 Å². The summed E-state index contributed by atoms with van der Waals surface area (Å²) < 4.78 is 24.8. The third kappa shape index (κ3) is 7.45. The van der Waals surface area contributed by atoms with Crippen molar-refractivity contribution in [1.82, 2.24) is 10.8 Å². The summed E-state index contributed by atoms with van der Waals surface area (Å²) in [6, 6.07) is 11.1. The molecule has 2 aromatic rings. The summed E-state index contributed by atoms with van der Waals surface area (Å²) in [5.74, 6) is 9.54. The third-order valence-electron chi connectivity index (χ3n) is 4.03. The summed E-state index contributed by atoms with van der Waals surface area (Å²) >= 11 is 0. The first-order valence-electron chi connectivity index (χ1n) is 9.30. The summed E-state index contributed by atoms with van der Waals surface area (Å²) in [4.78, 5) is 24.3. The lowest BCUT2D eigenvalue weighted by Gasteiger charge is -2.20. The molecule has 0 aromatic heterocycles. The lowest BCUT2D eigenvalue weighted by Crippen LogP contribution is -2.54. The molecule has 0 aliphatic carbocycles. The second-order valence-corrected chi connectivity index (χ2v) is 8.53. The van der Waals surface area contributed by atoms with Crippen LogP contribution in [-0.2, 0) is 14.8 Å². The van der Waals surface area contributed by atoms with E-state index in [0.29, 0.717) is 16.8 Å². The Labute approximate surface area is 186 Å². The van der Waals surface area contributed by atoms with Gasteiger partial charge in [0.15, 0.2) is 0 Å². The highest BCUT2D eigenvalue weighted by molar-refractivity contribution is 7.92. The Kier molecular flexibility index (Phi) is 8.38. The smallest absolute Gasteiger partial charge is 0.267 e. The van der Waals surface area contributed by atoms with Crippen molar-refractivity contribution in [2.24, 2.45) is 5.73 Å². The summed E-state index contributed by atoms with van der Waals surface area (Å²) in [6.07, 6.45) is 1.06. The van der Waals surface area contributed by atoms with Crippen LogP contribution in [-0.4, -0.2) is 43.8 Å². The van der Waals surface area contributed by atoms with Gasteiger partial charge in [-0.1, -0.05) is 24.0 Å². The van der Waals surface area contributed by atoms with Gasteiger partial charge in [-0.15, -0.1) is 0 Å². The molecule has 2 rings (SSSR count). The predicted octanol–water partition coefficient (Wildman–Crippen LogP) is 0.412. The van der Waals surface area contributed by atoms with E-state index in [4.69, 9.17) is 10.9 Å². The third-order valence-corrected chi connectivity index (χ3v) is 4.64. The highest BCUT2D eigenvalue weighted by Crippen LogP contribution is 2.10. The molecule has 9 nitrogen and oxygen atoms in total. The predicted molar refractivity (Wildman–Crippen MR) is 120 cm³/mol. The molecule has 0 heterocycles. The van der Waals surface area contributed by atoms with Crippen LogP contribution in [0.3, 0.4) is 0 Å². The molecule has 166 valence electrons. The van der Waals surface area contributed by atoms with Gasteiger partial charge >= 0.3 is 0 Å². The average Bonchev–Trinajstić information content (AvgIpc) is 2.74. The second-order valence-electron chi connectivity index (χ2n) is 6.78. The van der Waals surface area contributed by atoms with Gasteiger partial charge in [-0.3, -0.25) is 19.5 Å². The minimum Gasteiger partial charge on any atom is -0.339 e. The van der Waals surface area contributed by atoms with Crippen molar-refractivity contribution >= 4 is 27.5 Å². The minimum absolute atomic E-state index is 0.217. The molecule has 0 aliphatic heterocycles. The topological polar surface area (TPSA) is 151 Å². The van der Waals surface area contributed by atoms with Crippen molar-refractivity contribution in [3.8, 4) is 23.7 Å². The van der Waals surface area contributed by atoms with Crippen LogP contribution in [0.25, 0.3) is 0 Å². The maximum absolute atomic E-state index is 12.6. The van der Waals surface area contributed by atoms with Crippen molar-refractivity contribution in [3.05, 3.63) is 65.2 Å². The van der Waals surface area contributed by atoms with Gasteiger partial charge in [0.05, 0.1) is 11.8 Å². The van der Waals surface area contributed by atoms with Crippen LogP contribution in [0.1, 0.15) is 28.4 Å². The Morgan fingerprint density at radius 1 is 1.03 bits per heavy atom. The number of benzene rings is 2. The maximum atomic E-state index is 12.6. The van der Waals surface area contributed by atoms with E-state index in [1.807, 2.05) is 0 Å². The SMILES string of the molecule is C[C@@H](N)[C@H](NC(=O)c1ccccc1C#CC#Cc1ccc(NS(C)(=O)=O)cc1)C(=O)NO. The van der Waals surface area contributed by atoms with E-state index in [2.05, 4.69) is 33.7 Å². The highest BCUT2D eigenvalue weighted by Gasteiger charge is 2.25. The molecule has 2 atom stereocenters. The zero-order valence-electron chi connectivity index (χ0n) is 17.3. The van der Waals surface area contributed by atoms with Gasteiger partial charge in [0.2, 0.25) is 10.0 Å². The first-order chi connectivity index (χ1) is 15.1. The van der Waals surface area contributed by atoms with Gasteiger partial charge < -0.3 is 11.1 Å². The van der Waals surface area contributed by atoms with Gasteiger partial charge in [0, 0.05) is 22.9 Å². The van der Waals surface area contributed by atoms with Crippen LogP contribution in [0.4, 0.5) is 5.69 Å². The first-order valence-corrected chi connectivity index (χ1v) is 11.2. The number of hydrogen-bond donors (Lipinski definition) is 5. The normalized spacial score (nSPS) is 12.1. The number of hydrogen-bond acceptors (Lipinski definition) is 6. The van der Waals surface area contributed by atoms with E-state index >= 15 is 0 Å². The quantitative estimate of drug-likeness (QED) is 0.242. The Hall–Kier alpha value is -3.83. The molecule has 0 aliphatic rings. The molecular formula is C22H22N4O5S. The Bertz CT molecular complexity index is 1220. The zero-order chi connectivity index (χ0) is 23.7. The summed E-state index contributed by atoms with van der Waals surface area (Å²) in [5.41, 5.74) is 8.83. The van der Waals surface area contributed by atoms with E-state index in [1.165, 1.54) is 18.5 Å². The maximum Gasteiger partial charge on any atom is 0.267 e. The number of carbonyl (C=O) groups excluding carboxylic acids is 2. The van der Waals surface area contributed by atoms with Gasteiger partial charge in [0.25, 0.3) is 11.8 Å². The average molecular weight is 455 g/mol. The van der Waals surface area contributed by atoms with Crippen LogP contribution in [0.5, 0.6) is 0 Å². The number of carbonyl (C=O) groups is 2. The molecule has 2 aromatic carbocycles. The number of nitrogens with one attached hydrogen (secondary N) is 3. The minimum atomic E-state index is -3.35. The molecule has 0 radical (unpaired) electrons. The lowest BCUT2D eigenvalue weighted by atomic mass is 10.1. The van der Waals surface area contributed by atoms with Gasteiger partial charge in [-0.2, -0.15) is 0 Å². The summed E-state index contributed by atoms with van der Waals surface area (Å²) in [7, 11) is -3.35. The number of sulfonamides is 1. The van der Waals surface area contributed by atoms with Crippen LogP contribution in [0, 0.1) is 23.7 Å². The monoisotopic (exact) mass is 454 g/mol. The van der Waals surface area contributed by atoms with Crippen molar-refractivity contribution in [2.75, 3.05) is 11.0 Å². The van der Waals surface area contributed by atoms with E-state index in [0.717, 1.165) is 6.26 Å². The van der Waals surface area contributed by atoms with Gasteiger partial charge in [-0.25, -0.2) is 13.9 Å². The molecule has 0 saturated carbocycles. The highest BCUT2D eigenvalue weighted by atomic mass is 32.2. The van der Waals surface area contributed by atoms with Crippen LogP contribution < -0.4 is 21.3 Å². The standard InChI is InChI=1S/C22H22N4O5S/c1-15(23)20(22(28)25-29)24-21(27)19-10-6-5-9-17(19)8-4-3-7-16-11-13-18(14-12-16)26-32(2,30)31/h5-6,9-15,20,26,29H,23H2,1-2H3,(H,24,27)(H,25,28)/t15-,20+/m1/s1. The Morgan fingerprint density at radius 3 is 2.25 bits per heavy atom. The zero-order valence-corrected chi connectivity index (χ0v) is 18.2. The van der Waals surface area contributed by atoms with Crippen molar-refractivity contribution in [1.29, 1.82) is 0 Å². The number of rotatable bonds is 6. The Morgan fingerprint density at radius 2 is 1.66 bits per heavy atom. The molecule has 0 fully saturated rings. The fourth-order valence-electron chi connectivity index (χ4n) is 2.55. The largest absolute Gasteiger partial charge is 0.339 e. The molecular weight excluding hydrogens is 432 g/mol. The van der Waals surface area contributed by atoms with Gasteiger partial charge in [0.1, 0.15) is 6.04 Å². The van der Waals surface area contributed by atoms with Crippen molar-refractivity contribution in [3.63, 3.8) is 0 Å². The Balaban J connectivity index is 2.17. The van der Waals surface area contributed by atoms with Gasteiger partial charge in [-0.05, 0) is 55.2 Å². The van der Waals surface area contributed by atoms with Crippen LogP contribution in [0.2, 0.25) is 0 Å².